The minimum atomic E-state index is -1.09. The van der Waals surface area contributed by atoms with Crippen molar-refractivity contribution < 1.29 is 29.0 Å². The summed E-state index contributed by atoms with van der Waals surface area (Å²) in [5.41, 5.74) is -2.46. The van der Waals surface area contributed by atoms with Crippen LogP contribution >= 0.6 is 0 Å². The zero-order chi connectivity index (χ0) is 19.6. The number of carboxylic acids is 1. The molecule has 0 radical (unpaired) electrons. The highest BCUT2D eigenvalue weighted by Crippen LogP contribution is 2.31. The minimum absolute atomic E-state index is 0.0502. The fraction of sp³-hybridized carbons (Fsp3) is 0.824. The van der Waals surface area contributed by atoms with Crippen molar-refractivity contribution in [2.45, 2.75) is 84.1 Å². The Labute approximate surface area is 148 Å². The van der Waals surface area contributed by atoms with Crippen LogP contribution in [0, 0.1) is 0 Å². The first-order valence-electron chi connectivity index (χ1n) is 8.35. The lowest BCUT2D eigenvalue weighted by Gasteiger charge is -2.31. The largest absolute Gasteiger partial charge is 0.481 e. The van der Waals surface area contributed by atoms with E-state index in [1.165, 1.54) is 4.90 Å². The number of hydrogen-bond donors (Lipinski definition) is 2. The number of ether oxygens (including phenoxy) is 2. The summed E-state index contributed by atoms with van der Waals surface area (Å²) < 4.78 is 10.6. The van der Waals surface area contributed by atoms with Crippen LogP contribution in [0.15, 0.2) is 0 Å². The summed E-state index contributed by atoms with van der Waals surface area (Å²) in [5, 5.41) is 11.9. The summed E-state index contributed by atoms with van der Waals surface area (Å²) >= 11 is 0. The molecule has 2 atom stereocenters. The molecular formula is C17H30N2O6. The van der Waals surface area contributed by atoms with Gasteiger partial charge in [-0.25, -0.2) is 9.59 Å². The van der Waals surface area contributed by atoms with Crippen molar-refractivity contribution in [3.8, 4) is 0 Å². The van der Waals surface area contributed by atoms with Gasteiger partial charge >= 0.3 is 18.2 Å². The lowest BCUT2D eigenvalue weighted by molar-refractivity contribution is -0.138. The van der Waals surface area contributed by atoms with E-state index in [0.29, 0.717) is 6.42 Å². The number of nitrogens with one attached hydrogen (secondary N) is 1. The molecule has 1 aliphatic heterocycles. The lowest BCUT2D eigenvalue weighted by atomic mass is 9.92. The molecule has 2 amide bonds. The van der Waals surface area contributed by atoms with Crippen LogP contribution < -0.4 is 5.32 Å². The third-order valence-corrected chi connectivity index (χ3v) is 3.57. The third-order valence-electron chi connectivity index (χ3n) is 3.57. The summed E-state index contributed by atoms with van der Waals surface area (Å²) in [6.45, 7) is 12.3. The lowest BCUT2D eigenvalue weighted by Crippen LogP contribution is -2.53. The van der Waals surface area contributed by atoms with Crippen LogP contribution in [0.5, 0.6) is 0 Å². The number of alkyl carbamates (subject to hydrolysis) is 1. The number of hydrogen-bond acceptors (Lipinski definition) is 5. The molecule has 144 valence electrons. The molecule has 1 rings (SSSR count). The fourth-order valence-corrected chi connectivity index (χ4v) is 2.86. The normalized spacial score (nSPS) is 24.0. The SMILES string of the molecule is CC1CC(CC(=O)O)(NC(=O)OC(C)(C)C)CN1C(=O)OC(C)(C)C. The Hall–Kier alpha value is -1.99. The van der Waals surface area contributed by atoms with Crippen molar-refractivity contribution in [1.82, 2.24) is 10.2 Å². The predicted molar refractivity (Wildman–Crippen MR) is 91.4 cm³/mol. The van der Waals surface area contributed by atoms with Crippen LogP contribution in [0.2, 0.25) is 0 Å². The maximum Gasteiger partial charge on any atom is 0.410 e. The van der Waals surface area contributed by atoms with E-state index >= 15 is 0 Å². The topological polar surface area (TPSA) is 105 Å². The molecule has 1 heterocycles. The standard InChI is InChI=1S/C17H30N2O6/c1-11-8-17(9-12(20)21,18-13(22)24-15(2,3)4)10-19(11)14(23)25-16(5,6)7/h11H,8-10H2,1-7H3,(H,18,22)(H,20,21). The molecule has 0 bridgehead atoms. The van der Waals surface area contributed by atoms with Gasteiger partial charge in [-0.1, -0.05) is 0 Å². The highest BCUT2D eigenvalue weighted by atomic mass is 16.6. The Morgan fingerprint density at radius 2 is 1.64 bits per heavy atom. The molecule has 1 saturated heterocycles. The van der Waals surface area contributed by atoms with E-state index in [9.17, 15) is 19.5 Å². The monoisotopic (exact) mass is 358 g/mol. The van der Waals surface area contributed by atoms with Crippen LogP contribution in [0.25, 0.3) is 0 Å². The van der Waals surface area contributed by atoms with Crippen LogP contribution in [0.3, 0.4) is 0 Å². The van der Waals surface area contributed by atoms with Gasteiger partial charge in [-0.3, -0.25) is 4.79 Å². The van der Waals surface area contributed by atoms with Gasteiger partial charge in [0.2, 0.25) is 0 Å². The summed E-state index contributed by atoms with van der Waals surface area (Å²) in [5.74, 6) is -1.06. The minimum Gasteiger partial charge on any atom is -0.481 e. The van der Waals surface area contributed by atoms with E-state index in [1.54, 1.807) is 48.5 Å². The second-order valence-corrected chi connectivity index (χ2v) is 8.64. The Morgan fingerprint density at radius 3 is 2.08 bits per heavy atom. The molecule has 25 heavy (non-hydrogen) atoms. The van der Waals surface area contributed by atoms with Gasteiger partial charge in [-0.2, -0.15) is 0 Å². The quantitative estimate of drug-likeness (QED) is 0.804. The average Bonchev–Trinajstić information content (AvgIpc) is 2.59. The molecule has 0 saturated carbocycles. The maximum absolute atomic E-state index is 12.4. The Morgan fingerprint density at radius 1 is 1.12 bits per heavy atom. The first-order valence-corrected chi connectivity index (χ1v) is 8.35. The van der Waals surface area contributed by atoms with Crippen molar-refractivity contribution in [2.24, 2.45) is 0 Å². The molecule has 1 aliphatic rings. The van der Waals surface area contributed by atoms with Gasteiger partial charge in [0.15, 0.2) is 0 Å². The Kier molecular flexibility index (Phi) is 5.97. The van der Waals surface area contributed by atoms with Crippen molar-refractivity contribution in [1.29, 1.82) is 0 Å². The molecular weight excluding hydrogens is 328 g/mol. The number of aliphatic carboxylic acids is 1. The molecule has 2 unspecified atom stereocenters. The number of carbonyl (C=O) groups excluding carboxylic acids is 2. The van der Waals surface area contributed by atoms with Gasteiger partial charge in [0.05, 0.1) is 12.0 Å². The highest BCUT2D eigenvalue weighted by Gasteiger charge is 2.48. The molecule has 0 aromatic carbocycles. The molecule has 0 aromatic rings. The second kappa shape index (κ2) is 7.09. The van der Waals surface area contributed by atoms with E-state index in [4.69, 9.17) is 9.47 Å². The smallest absolute Gasteiger partial charge is 0.410 e. The molecule has 8 heteroatoms. The van der Waals surface area contributed by atoms with Gasteiger partial charge in [0, 0.05) is 12.6 Å². The summed E-state index contributed by atoms with van der Waals surface area (Å²) in [7, 11) is 0. The van der Waals surface area contributed by atoms with Gasteiger partial charge in [-0.05, 0) is 54.9 Å². The molecule has 0 spiro atoms. The van der Waals surface area contributed by atoms with Gasteiger partial charge in [0.1, 0.15) is 11.2 Å². The number of likely N-dealkylation sites (tertiary alicyclic amines) is 1. The number of rotatable bonds is 3. The van der Waals surface area contributed by atoms with Crippen molar-refractivity contribution in [2.75, 3.05) is 6.54 Å². The Bertz CT molecular complexity index is 534. The van der Waals surface area contributed by atoms with Crippen LogP contribution in [0.4, 0.5) is 9.59 Å². The Balaban J connectivity index is 2.94. The highest BCUT2D eigenvalue weighted by molar-refractivity contribution is 5.75. The number of carbonyl (C=O) groups is 3. The summed E-state index contributed by atoms with van der Waals surface area (Å²) in [6.07, 6.45) is -1.24. The third kappa shape index (κ3) is 6.80. The van der Waals surface area contributed by atoms with E-state index < -0.39 is 34.9 Å². The fourth-order valence-electron chi connectivity index (χ4n) is 2.86. The van der Waals surface area contributed by atoms with Gasteiger partial charge < -0.3 is 24.8 Å². The van der Waals surface area contributed by atoms with Gasteiger partial charge in [-0.15, -0.1) is 0 Å². The summed E-state index contributed by atoms with van der Waals surface area (Å²) in [4.78, 5) is 37.3. The molecule has 2 N–H and O–H groups in total. The van der Waals surface area contributed by atoms with E-state index in [1.807, 2.05) is 0 Å². The number of carboxylic acid groups (broad SMARTS) is 1. The van der Waals surface area contributed by atoms with Crippen molar-refractivity contribution in [3.05, 3.63) is 0 Å². The molecule has 1 fully saturated rings. The second-order valence-electron chi connectivity index (χ2n) is 8.64. The average molecular weight is 358 g/mol. The first kappa shape index (κ1) is 21.1. The van der Waals surface area contributed by atoms with E-state index in [-0.39, 0.29) is 19.0 Å². The van der Waals surface area contributed by atoms with E-state index in [0.717, 1.165) is 0 Å². The maximum atomic E-state index is 12.4. The van der Waals surface area contributed by atoms with Crippen LogP contribution in [-0.2, 0) is 14.3 Å². The number of amides is 2. The molecule has 0 aromatic heterocycles. The van der Waals surface area contributed by atoms with Gasteiger partial charge in [0.25, 0.3) is 0 Å². The van der Waals surface area contributed by atoms with Crippen LogP contribution in [-0.4, -0.2) is 57.5 Å². The molecule has 8 nitrogen and oxygen atoms in total. The van der Waals surface area contributed by atoms with Crippen molar-refractivity contribution >= 4 is 18.2 Å². The molecule has 0 aliphatic carbocycles. The van der Waals surface area contributed by atoms with E-state index in [2.05, 4.69) is 5.32 Å². The number of nitrogens with zero attached hydrogens (tertiary/aromatic N) is 1. The summed E-state index contributed by atoms with van der Waals surface area (Å²) in [6, 6.07) is -0.274. The predicted octanol–water partition coefficient (Wildman–Crippen LogP) is 2.75. The zero-order valence-electron chi connectivity index (χ0n) is 16.1. The first-order chi connectivity index (χ1) is 11.1. The zero-order valence-corrected chi connectivity index (χ0v) is 16.1. The van der Waals surface area contributed by atoms with Crippen molar-refractivity contribution in [3.63, 3.8) is 0 Å². The van der Waals surface area contributed by atoms with Crippen LogP contribution in [0.1, 0.15) is 61.3 Å².